The van der Waals surface area contributed by atoms with Crippen molar-refractivity contribution in [2.24, 2.45) is 5.73 Å². The van der Waals surface area contributed by atoms with Crippen molar-refractivity contribution in [3.63, 3.8) is 0 Å². The van der Waals surface area contributed by atoms with Crippen molar-refractivity contribution in [2.75, 3.05) is 11.9 Å². The molecule has 0 radical (unpaired) electrons. The highest BCUT2D eigenvalue weighted by atomic mass is 15.2. The van der Waals surface area contributed by atoms with Gasteiger partial charge in [-0.1, -0.05) is 24.3 Å². The number of nitrogens with one attached hydrogen (secondary N) is 1. The summed E-state index contributed by atoms with van der Waals surface area (Å²) in [5.41, 5.74) is 8.69. The Balaban J connectivity index is 2.22. The molecule has 0 saturated heterocycles. The molecule has 0 spiro atoms. The molecule has 0 aliphatic carbocycles. The van der Waals surface area contributed by atoms with Crippen LogP contribution in [0.25, 0.3) is 11.3 Å². The molecule has 0 aliphatic rings. The predicted octanol–water partition coefficient (Wildman–Crippen LogP) is 2.60. The first-order valence-electron chi connectivity index (χ1n) is 6.40. The Hall–Kier alpha value is -1.94. The molecular formula is C15H20N4. The molecule has 2 rings (SSSR count). The van der Waals surface area contributed by atoms with Gasteiger partial charge in [0, 0.05) is 17.6 Å². The van der Waals surface area contributed by atoms with Crippen LogP contribution in [0.1, 0.15) is 19.4 Å². The minimum absolute atomic E-state index is 0.182. The lowest BCUT2D eigenvalue weighted by Gasteiger charge is -2.24. The predicted molar refractivity (Wildman–Crippen MR) is 79.0 cm³/mol. The summed E-state index contributed by atoms with van der Waals surface area (Å²) in [5.74, 6) is 0.743. The highest BCUT2D eigenvalue weighted by Crippen LogP contribution is 2.21. The van der Waals surface area contributed by atoms with Crippen molar-refractivity contribution < 1.29 is 0 Å². The van der Waals surface area contributed by atoms with Crippen LogP contribution in [-0.2, 0) is 0 Å². The zero-order valence-corrected chi connectivity index (χ0v) is 11.6. The van der Waals surface area contributed by atoms with E-state index in [1.807, 2.05) is 38.1 Å². The summed E-state index contributed by atoms with van der Waals surface area (Å²) in [5, 5.41) is 11.8. The van der Waals surface area contributed by atoms with E-state index in [0.29, 0.717) is 6.54 Å². The number of rotatable bonds is 4. The van der Waals surface area contributed by atoms with Gasteiger partial charge in [-0.2, -0.15) is 0 Å². The maximum absolute atomic E-state index is 5.68. The Morgan fingerprint density at radius 3 is 2.42 bits per heavy atom. The van der Waals surface area contributed by atoms with E-state index in [-0.39, 0.29) is 5.54 Å². The number of nitrogens with two attached hydrogens (primary N) is 1. The monoisotopic (exact) mass is 256 g/mol. The van der Waals surface area contributed by atoms with E-state index < -0.39 is 0 Å². The van der Waals surface area contributed by atoms with E-state index in [1.54, 1.807) is 0 Å². The summed E-state index contributed by atoms with van der Waals surface area (Å²) in [6, 6.07) is 12.1. The van der Waals surface area contributed by atoms with Gasteiger partial charge in [-0.3, -0.25) is 0 Å². The molecule has 4 heteroatoms. The van der Waals surface area contributed by atoms with Gasteiger partial charge < -0.3 is 11.1 Å². The van der Waals surface area contributed by atoms with Crippen LogP contribution in [0.2, 0.25) is 0 Å². The van der Waals surface area contributed by atoms with Gasteiger partial charge in [0.15, 0.2) is 0 Å². The number of aromatic nitrogens is 2. The third-order valence-corrected chi connectivity index (χ3v) is 3.06. The lowest BCUT2D eigenvalue weighted by molar-refractivity contribution is 0.576. The van der Waals surface area contributed by atoms with Gasteiger partial charge in [-0.15, -0.1) is 10.2 Å². The van der Waals surface area contributed by atoms with Gasteiger partial charge in [0.1, 0.15) is 5.82 Å². The number of hydrogen-bond acceptors (Lipinski definition) is 4. The zero-order valence-electron chi connectivity index (χ0n) is 11.6. The van der Waals surface area contributed by atoms with Crippen molar-refractivity contribution in [1.82, 2.24) is 10.2 Å². The molecule has 1 aromatic carbocycles. The maximum atomic E-state index is 5.68. The highest BCUT2D eigenvalue weighted by Gasteiger charge is 2.15. The quantitative estimate of drug-likeness (QED) is 0.882. The standard InChI is InChI=1S/C15H20N4/c1-11-6-4-5-7-12(11)13-8-9-14(19-18-13)17-15(2,3)10-16/h4-9H,10,16H2,1-3H3,(H,17,19). The van der Waals surface area contributed by atoms with Gasteiger partial charge in [-0.25, -0.2) is 0 Å². The van der Waals surface area contributed by atoms with Gasteiger partial charge in [-0.05, 0) is 38.5 Å². The summed E-state index contributed by atoms with van der Waals surface area (Å²) >= 11 is 0. The molecule has 4 nitrogen and oxygen atoms in total. The molecule has 0 atom stereocenters. The van der Waals surface area contributed by atoms with Crippen LogP contribution >= 0.6 is 0 Å². The molecule has 1 aromatic heterocycles. The van der Waals surface area contributed by atoms with Crippen molar-refractivity contribution >= 4 is 5.82 Å². The zero-order chi connectivity index (χ0) is 13.9. The van der Waals surface area contributed by atoms with E-state index in [1.165, 1.54) is 5.56 Å². The fourth-order valence-corrected chi connectivity index (χ4v) is 1.80. The van der Waals surface area contributed by atoms with Crippen molar-refractivity contribution in [3.8, 4) is 11.3 Å². The number of anilines is 1. The molecular weight excluding hydrogens is 236 g/mol. The molecule has 0 saturated carbocycles. The normalized spacial score (nSPS) is 11.4. The molecule has 3 N–H and O–H groups in total. The molecule has 0 unspecified atom stereocenters. The van der Waals surface area contributed by atoms with E-state index in [9.17, 15) is 0 Å². The van der Waals surface area contributed by atoms with E-state index in [2.05, 4.69) is 34.6 Å². The largest absolute Gasteiger partial charge is 0.362 e. The molecule has 0 amide bonds. The van der Waals surface area contributed by atoms with Gasteiger partial charge in [0.05, 0.1) is 5.69 Å². The minimum atomic E-state index is -0.182. The molecule has 1 heterocycles. The van der Waals surface area contributed by atoms with Crippen LogP contribution in [0.3, 0.4) is 0 Å². The Morgan fingerprint density at radius 2 is 1.84 bits per heavy atom. The topological polar surface area (TPSA) is 63.8 Å². The lowest BCUT2D eigenvalue weighted by Crippen LogP contribution is -2.39. The average Bonchev–Trinajstić information content (AvgIpc) is 2.40. The minimum Gasteiger partial charge on any atom is -0.362 e. The van der Waals surface area contributed by atoms with Crippen LogP contribution in [0.15, 0.2) is 36.4 Å². The Morgan fingerprint density at radius 1 is 1.11 bits per heavy atom. The van der Waals surface area contributed by atoms with Crippen LogP contribution < -0.4 is 11.1 Å². The fourth-order valence-electron chi connectivity index (χ4n) is 1.80. The molecule has 0 bridgehead atoms. The Kier molecular flexibility index (Phi) is 3.81. The third kappa shape index (κ3) is 3.29. The van der Waals surface area contributed by atoms with Crippen LogP contribution in [0, 0.1) is 6.92 Å². The summed E-state index contributed by atoms with van der Waals surface area (Å²) in [7, 11) is 0. The van der Waals surface area contributed by atoms with Crippen LogP contribution in [0.4, 0.5) is 5.82 Å². The summed E-state index contributed by atoms with van der Waals surface area (Å²) in [4.78, 5) is 0. The van der Waals surface area contributed by atoms with Crippen molar-refractivity contribution in [1.29, 1.82) is 0 Å². The first-order chi connectivity index (χ1) is 9.02. The van der Waals surface area contributed by atoms with E-state index in [4.69, 9.17) is 5.73 Å². The van der Waals surface area contributed by atoms with E-state index in [0.717, 1.165) is 17.1 Å². The van der Waals surface area contributed by atoms with Crippen molar-refractivity contribution in [3.05, 3.63) is 42.0 Å². The second-order valence-corrected chi connectivity index (χ2v) is 5.33. The Bertz CT molecular complexity index is 546. The smallest absolute Gasteiger partial charge is 0.149 e. The second kappa shape index (κ2) is 5.36. The molecule has 100 valence electrons. The first-order valence-corrected chi connectivity index (χ1v) is 6.40. The SMILES string of the molecule is Cc1ccccc1-c1ccc(NC(C)(C)CN)nn1. The Labute approximate surface area is 114 Å². The first kappa shape index (κ1) is 13.5. The van der Waals surface area contributed by atoms with Crippen LogP contribution in [-0.4, -0.2) is 22.3 Å². The summed E-state index contributed by atoms with van der Waals surface area (Å²) < 4.78 is 0. The number of benzene rings is 1. The van der Waals surface area contributed by atoms with Crippen LogP contribution in [0.5, 0.6) is 0 Å². The fraction of sp³-hybridized carbons (Fsp3) is 0.333. The highest BCUT2D eigenvalue weighted by molar-refractivity contribution is 5.63. The van der Waals surface area contributed by atoms with Gasteiger partial charge in [0.2, 0.25) is 0 Å². The lowest BCUT2D eigenvalue weighted by atomic mass is 10.1. The summed E-state index contributed by atoms with van der Waals surface area (Å²) in [6.07, 6.45) is 0. The number of aryl methyl sites for hydroxylation is 1. The van der Waals surface area contributed by atoms with Gasteiger partial charge in [0.25, 0.3) is 0 Å². The molecule has 19 heavy (non-hydrogen) atoms. The molecule has 0 aliphatic heterocycles. The summed E-state index contributed by atoms with van der Waals surface area (Å²) in [6.45, 7) is 6.67. The van der Waals surface area contributed by atoms with E-state index >= 15 is 0 Å². The number of nitrogens with zero attached hydrogens (tertiary/aromatic N) is 2. The average molecular weight is 256 g/mol. The molecule has 2 aromatic rings. The maximum Gasteiger partial charge on any atom is 0.149 e. The third-order valence-electron chi connectivity index (χ3n) is 3.06. The number of hydrogen-bond donors (Lipinski definition) is 2. The molecule has 0 fully saturated rings. The van der Waals surface area contributed by atoms with Gasteiger partial charge >= 0.3 is 0 Å². The van der Waals surface area contributed by atoms with Crippen molar-refractivity contribution in [2.45, 2.75) is 26.3 Å². The second-order valence-electron chi connectivity index (χ2n) is 5.33.